The molecule has 0 bridgehead atoms. The number of hydrogen-bond donors (Lipinski definition) is 1. The first-order chi connectivity index (χ1) is 8.49. The van der Waals surface area contributed by atoms with Crippen molar-refractivity contribution >= 4 is 15.9 Å². The molecule has 18 heavy (non-hydrogen) atoms. The molecule has 1 aromatic heterocycles. The van der Waals surface area contributed by atoms with Crippen molar-refractivity contribution in [1.82, 2.24) is 15.2 Å². The van der Waals surface area contributed by atoms with E-state index in [9.17, 15) is 0 Å². The van der Waals surface area contributed by atoms with Gasteiger partial charge in [0.05, 0.1) is 5.69 Å². The quantitative estimate of drug-likeness (QED) is 0.785. The number of likely N-dealkylation sites (N-methyl/N-ethyl adjacent to an activating group) is 1. The van der Waals surface area contributed by atoms with Crippen molar-refractivity contribution in [2.24, 2.45) is 5.92 Å². The molecule has 3 nitrogen and oxygen atoms in total. The van der Waals surface area contributed by atoms with Gasteiger partial charge in [-0.05, 0) is 54.5 Å². The first kappa shape index (κ1) is 15.6. The molecule has 4 heteroatoms. The van der Waals surface area contributed by atoms with Gasteiger partial charge in [-0.3, -0.25) is 0 Å². The van der Waals surface area contributed by atoms with Gasteiger partial charge in [-0.1, -0.05) is 19.9 Å². The Morgan fingerprint density at radius 3 is 2.61 bits per heavy atom. The van der Waals surface area contributed by atoms with Gasteiger partial charge in [0.2, 0.25) is 0 Å². The number of nitrogens with one attached hydrogen (secondary N) is 1. The molecule has 1 N–H and O–H groups in total. The fourth-order valence-corrected chi connectivity index (χ4v) is 2.32. The molecule has 1 atom stereocenters. The van der Waals surface area contributed by atoms with Gasteiger partial charge < -0.3 is 10.2 Å². The van der Waals surface area contributed by atoms with Gasteiger partial charge in [0.15, 0.2) is 0 Å². The standard InChI is InChI=1S/C14H24BrN3/c1-11(2)8-13(18(3)4)10-16-9-12-6-5-7-14(15)17-12/h5-7,11,13,16H,8-10H2,1-4H3. The molecule has 0 radical (unpaired) electrons. The molecule has 0 saturated carbocycles. The largest absolute Gasteiger partial charge is 0.310 e. The zero-order valence-corrected chi connectivity index (χ0v) is 13.4. The molecule has 0 saturated heterocycles. The van der Waals surface area contributed by atoms with E-state index in [-0.39, 0.29) is 0 Å². The molecule has 1 heterocycles. The molecule has 0 aliphatic rings. The topological polar surface area (TPSA) is 28.2 Å². The highest BCUT2D eigenvalue weighted by Crippen LogP contribution is 2.09. The Morgan fingerprint density at radius 1 is 1.33 bits per heavy atom. The van der Waals surface area contributed by atoms with E-state index in [1.165, 1.54) is 6.42 Å². The van der Waals surface area contributed by atoms with Gasteiger partial charge in [-0.2, -0.15) is 0 Å². The normalized spacial score (nSPS) is 13.3. The Kier molecular flexibility index (Phi) is 6.82. The molecule has 0 aliphatic heterocycles. The fourth-order valence-electron chi connectivity index (χ4n) is 1.94. The third kappa shape index (κ3) is 5.94. The van der Waals surface area contributed by atoms with Crippen molar-refractivity contribution in [3.05, 3.63) is 28.5 Å². The smallest absolute Gasteiger partial charge is 0.106 e. The molecule has 0 aromatic carbocycles. The maximum absolute atomic E-state index is 4.42. The Labute approximate surface area is 119 Å². The molecular formula is C14H24BrN3. The summed E-state index contributed by atoms with van der Waals surface area (Å²) in [4.78, 5) is 6.71. The fraction of sp³-hybridized carbons (Fsp3) is 0.643. The Hall–Kier alpha value is -0.450. The minimum absolute atomic E-state index is 0.581. The average Bonchev–Trinajstić information content (AvgIpc) is 2.27. The minimum Gasteiger partial charge on any atom is -0.310 e. The number of hydrogen-bond acceptors (Lipinski definition) is 3. The maximum Gasteiger partial charge on any atom is 0.106 e. The van der Waals surface area contributed by atoms with Gasteiger partial charge in [0, 0.05) is 19.1 Å². The van der Waals surface area contributed by atoms with Crippen molar-refractivity contribution in [2.45, 2.75) is 32.9 Å². The zero-order chi connectivity index (χ0) is 13.5. The molecule has 102 valence electrons. The van der Waals surface area contributed by atoms with Crippen molar-refractivity contribution in [3.63, 3.8) is 0 Å². The lowest BCUT2D eigenvalue weighted by Gasteiger charge is -2.26. The SMILES string of the molecule is CC(C)CC(CNCc1cccc(Br)n1)N(C)C. The molecule has 0 amide bonds. The van der Waals surface area contributed by atoms with Gasteiger partial charge in [0.25, 0.3) is 0 Å². The summed E-state index contributed by atoms with van der Waals surface area (Å²) in [6.07, 6.45) is 1.21. The van der Waals surface area contributed by atoms with Crippen LogP contribution in [0, 0.1) is 5.92 Å². The summed E-state index contributed by atoms with van der Waals surface area (Å²) in [5.74, 6) is 0.725. The van der Waals surface area contributed by atoms with E-state index >= 15 is 0 Å². The van der Waals surface area contributed by atoms with E-state index < -0.39 is 0 Å². The molecule has 0 fully saturated rings. The van der Waals surface area contributed by atoms with Crippen LogP contribution in [0.15, 0.2) is 22.8 Å². The van der Waals surface area contributed by atoms with Crippen LogP contribution in [-0.2, 0) is 6.54 Å². The summed E-state index contributed by atoms with van der Waals surface area (Å²) in [6.45, 7) is 6.36. The molecule has 1 aromatic rings. The average molecular weight is 314 g/mol. The van der Waals surface area contributed by atoms with Crippen LogP contribution in [0.1, 0.15) is 26.0 Å². The third-order valence-corrected chi connectivity index (χ3v) is 3.37. The van der Waals surface area contributed by atoms with E-state index in [2.05, 4.69) is 59.1 Å². The Morgan fingerprint density at radius 2 is 2.06 bits per heavy atom. The summed E-state index contributed by atoms with van der Waals surface area (Å²) >= 11 is 3.39. The van der Waals surface area contributed by atoms with Gasteiger partial charge in [-0.25, -0.2) is 4.98 Å². The molecule has 1 unspecified atom stereocenters. The van der Waals surface area contributed by atoms with E-state index in [0.717, 1.165) is 29.3 Å². The molecular weight excluding hydrogens is 290 g/mol. The van der Waals surface area contributed by atoms with Gasteiger partial charge in [0.1, 0.15) is 4.60 Å². The highest BCUT2D eigenvalue weighted by molar-refractivity contribution is 9.10. The van der Waals surface area contributed by atoms with Crippen LogP contribution >= 0.6 is 15.9 Å². The Bertz CT molecular complexity index is 353. The number of aromatic nitrogens is 1. The van der Waals surface area contributed by atoms with Crippen LogP contribution in [0.2, 0.25) is 0 Å². The lowest BCUT2D eigenvalue weighted by atomic mass is 10.0. The van der Waals surface area contributed by atoms with Crippen LogP contribution in [-0.4, -0.2) is 36.6 Å². The van der Waals surface area contributed by atoms with Crippen molar-refractivity contribution in [3.8, 4) is 0 Å². The highest BCUT2D eigenvalue weighted by Gasteiger charge is 2.12. The van der Waals surface area contributed by atoms with Crippen LogP contribution in [0.4, 0.5) is 0 Å². The third-order valence-electron chi connectivity index (χ3n) is 2.93. The van der Waals surface area contributed by atoms with Crippen LogP contribution < -0.4 is 5.32 Å². The molecule has 1 rings (SSSR count). The monoisotopic (exact) mass is 313 g/mol. The summed E-state index contributed by atoms with van der Waals surface area (Å²) in [6, 6.07) is 6.60. The number of halogens is 1. The van der Waals surface area contributed by atoms with E-state index in [1.54, 1.807) is 0 Å². The second kappa shape index (κ2) is 7.87. The van der Waals surface area contributed by atoms with E-state index in [4.69, 9.17) is 0 Å². The zero-order valence-electron chi connectivity index (χ0n) is 11.8. The van der Waals surface area contributed by atoms with Gasteiger partial charge in [-0.15, -0.1) is 0 Å². The van der Waals surface area contributed by atoms with Crippen LogP contribution in [0.5, 0.6) is 0 Å². The number of rotatable bonds is 7. The summed E-state index contributed by atoms with van der Waals surface area (Å²) in [5.41, 5.74) is 1.08. The molecule has 0 aliphatic carbocycles. The Balaban J connectivity index is 2.39. The van der Waals surface area contributed by atoms with E-state index in [0.29, 0.717) is 6.04 Å². The predicted octanol–water partition coefficient (Wildman–Crippen LogP) is 2.91. The first-order valence-corrected chi connectivity index (χ1v) is 7.27. The van der Waals surface area contributed by atoms with Crippen molar-refractivity contribution in [1.29, 1.82) is 0 Å². The highest BCUT2D eigenvalue weighted by atomic mass is 79.9. The lowest BCUT2D eigenvalue weighted by Crippen LogP contribution is -2.38. The van der Waals surface area contributed by atoms with Crippen molar-refractivity contribution in [2.75, 3.05) is 20.6 Å². The predicted molar refractivity (Wildman–Crippen MR) is 80.6 cm³/mol. The number of pyridine rings is 1. The number of nitrogens with zero attached hydrogens (tertiary/aromatic N) is 2. The minimum atomic E-state index is 0.581. The van der Waals surface area contributed by atoms with Crippen LogP contribution in [0.3, 0.4) is 0 Å². The summed E-state index contributed by atoms with van der Waals surface area (Å²) < 4.78 is 0.896. The van der Waals surface area contributed by atoms with Crippen molar-refractivity contribution < 1.29 is 0 Å². The second-order valence-corrected chi connectivity index (χ2v) is 6.14. The van der Waals surface area contributed by atoms with Crippen LogP contribution in [0.25, 0.3) is 0 Å². The lowest BCUT2D eigenvalue weighted by molar-refractivity contribution is 0.246. The summed E-state index contributed by atoms with van der Waals surface area (Å²) in [7, 11) is 4.29. The second-order valence-electron chi connectivity index (χ2n) is 5.33. The summed E-state index contributed by atoms with van der Waals surface area (Å²) in [5, 5.41) is 3.49. The molecule has 0 spiro atoms. The van der Waals surface area contributed by atoms with E-state index in [1.807, 2.05) is 18.2 Å². The maximum atomic E-state index is 4.42. The first-order valence-electron chi connectivity index (χ1n) is 6.47. The van der Waals surface area contributed by atoms with Gasteiger partial charge >= 0.3 is 0 Å².